The van der Waals surface area contributed by atoms with Crippen LogP contribution in [0.4, 0.5) is 0 Å². The van der Waals surface area contributed by atoms with Crippen molar-refractivity contribution >= 4 is 5.91 Å². The molecule has 2 N–H and O–H groups in total. The van der Waals surface area contributed by atoms with Crippen molar-refractivity contribution in [1.82, 2.24) is 10.2 Å². The summed E-state index contributed by atoms with van der Waals surface area (Å²) in [6.45, 7) is 10.1. The average molecular weight is 296 g/mol. The Labute approximate surface area is 129 Å². The molecule has 122 valence electrons. The van der Waals surface area contributed by atoms with E-state index in [-0.39, 0.29) is 29.9 Å². The Morgan fingerprint density at radius 1 is 1.24 bits per heavy atom. The van der Waals surface area contributed by atoms with Gasteiger partial charge in [0.1, 0.15) is 0 Å². The predicted molar refractivity (Wildman–Crippen MR) is 84.9 cm³/mol. The Morgan fingerprint density at radius 2 is 1.90 bits per heavy atom. The first-order chi connectivity index (χ1) is 9.92. The molecule has 0 radical (unpaired) electrons. The third-order valence-corrected chi connectivity index (χ3v) is 5.22. The molecule has 4 nitrogen and oxygen atoms in total. The Kier molecular flexibility index (Phi) is 5.67. The van der Waals surface area contributed by atoms with Crippen LogP contribution in [0.25, 0.3) is 0 Å². The number of aliphatic hydroxyl groups excluding tert-OH is 1. The predicted octanol–water partition coefficient (Wildman–Crippen LogP) is 2.02. The van der Waals surface area contributed by atoms with Crippen molar-refractivity contribution in [3.63, 3.8) is 0 Å². The van der Waals surface area contributed by atoms with E-state index in [9.17, 15) is 9.90 Å². The minimum absolute atomic E-state index is 0.0239. The van der Waals surface area contributed by atoms with E-state index >= 15 is 0 Å². The lowest BCUT2D eigenvalue weighted by atomic mass is 9.87. The second kappa shape index (κ2) is 7.10. The molecular weight excluding hydrogens is 264 g/mol. The van der Waals surface area contributed by atoms with Crippen molar-refractivity contribution in [3.05, 3.63) is 0 Å². The monoisotopic (exact) mass is 296 g/mol. The highest BCUT2D eigenvalue weighted by atomic mass is 16.3. The number of nitrogens with one attached hydrogen (secondary N) is 1. The molecule has 4 heteroatoms. The van der Waals surface area contributed by atoms with Gasteiger partial charge < -0.3 is 10.4 Å². The first-order valence-corrected chi connectivity index (χ1v) is 8.64. The molecular formula is C17H32N2O2. The normalized spacial score (nSPS) is 30.2. The molecule has 21 heavy (non-hydrogen) atoms. The highest BCUT2D eigenvalue weighted by Gasteiger charge is 2.38. The van der Waals surface area contributed by atoms with E-state index in [4.69, 9.17) is 0 Å². The molecule has 4 unspecified atom stereocenters. The van der Waals surface area contributed by atoms with Crippen molar-refractivity contribution in [1.29, 1.82) is 0 Å². The second-order valence-electron chi connectivity index (χ2n) is 7.36. The van der Waals surface area contributed by atoms with Gasteiger partial charge in [0, 0.05) is 31.1 Å². The van der Waals surface area contributed by atoms with Gasteiger partial charge in [0.25, 0.3) is 0 Å². The number of carbonyl (C=O) groups is 1. The number of hydrogen-bond donors (Lipinski definition) is 2. The quantitative estimate of drug-likeness (QED) is 0.788. The van der Waals surface area contributed by atoms with Gasteiger partial charge in [-0.15, -0.1) is 0 Å². The maximum absolute atomic E-state index is 12.0. The van der Waals surface area contributed by atoms with Crippen molar-refractivity contribution in [2.45, 2.75) is 71.6 Å². The van der Waals surface area contributed by atoms with Crippen LogP contribution in [0.15, 0.2) is 0 Å². The standard InChI is InChI=1S/C17H32N2O2/c1-5-16(20)14-8-15(18-17(21)11(2)3)10-19(9-14)12(4)13-6-7-13/h11-16,20H,5-10H2,1-4H3,(H,18,21). The summed E-state index contributed by atoms with van der Waals surface area (Å²) in [4.78, 5) is 14.5. The molecule has 1 aliphatic carbocycles. The van der Waals surface area contributed by atoms with Gasteiger partial charge in [0.15, 0.2) is 0 Å². The van der Waals surface area contributed by atoms with Gasteiger partial charge in [-0.2, -0.15) is 0 Å². The van der Waals surface area contributed by atoms with Crippen molar-refractivity contribution < 1.29 is 9.90 Å². The maximum Gasteiger partial charge on any atom is 0.222 e. The molecule has 0 aromatic carbocycles. The van der Waals surface area contributed by atoms with E-state index in [0.29, 0.717) is 6.04 Å². The number of carbonyl (C=O) groups excluding carboxylic acids is 1. The molecule has 0 spiro atoms. The van der Waals surface area contributed by atoms with Crippen LogP contribution in [0.1, 0.15) is 53.4 Å². The van der Waals surface area contributed by atoms with Crippen molar-refractivity contribution in [3.8, 4) is 0 Å². The number of aliphatic hydroxyl groups is 1. The fraction of sp³-hybridized carbons (Fsp3) is 0.941. The largest absolute Gasteiger partial charge is 0.393 e. The first-order valence-electron chi connectivity index (χ1n) is 8.64. The molecule has 1 saturated heterocycles. The van der Waals surface area contributed by atoms with E-state index in [1.807, 2.05) is 20.8 Å². The smallest absolute Gasteiger partial charge is 0.222 e. The lowest BCUT2D eigenvalue weighted by Gasteiger charge is -2.43. The number of amides is 1. The summed E-state index contributed by atoms with van der Waals surface area (Å²) in [6.07, 6.45) is 4.11. The zero-order valence-corrected chi connectivity index (χ0v) is 14.0. The highest BCUT2D eigenvalue weighted by Crippen LogP contribution is 2.37. The van der Waals surface area contributed by atoms with Crippen LogP contribution in [-0.2, 0) is 4.79 Å². The van der Waals surface area contributed by atoms with Crippen molar-refractivity contribution in [2.24, 2.45) is 17.8 Å². The molecule has 2 aliphatic rings. The molecule has 0 aromatic heterocycles. The Balaban J connectivity index is 2.00. The van der Waals surface area contributed by atoms with Crippen LogP contribution in [-0.4, -0.2) is 47.2 Å². The summed E-state index contributed by atoms with van der Waals surface area (Å²) < 4.78 is 0. The van der Waals surface area contributed by atoms with Gasteiger partial charge in [-0.1, -0.05) is 20.8 Å². The summed E-state index contributed by atoms with van der Waals surface area (Å²) in [5, 5.41) is 13.4. The molecule has 0 aromatic rings. The summed E-state index contributed by atoms with van der Waals surface area (Å²) in [7, 11) is 0. The van der Waals surface area contributed by atoms with Crippen molar-refractivity contribution in [2.75, 3.05) is 13.1 Å². The number of hydrogen-bond acceptors (Lipinski definition) is 3. The molecule has 1 aliphatic heterocycles. The highest BCUT2D eigenvalue weighted by molar-refractivity contribution is 5.78. The zero-order valence-electron chi connectivity index (χ0n) is 14.0. The van der Waals surface area contributed by atoms with Crippen LogP contribution in [0.3, 0.4) is 0 Å². The number of nitrogens with zero attached hydrogens (tertiary/aromatic N) is 1. The van der Waals surface area contributed by atoms with Crippen LogP contribution in [0.2, 0.25) is 0 Å². The summed E-state index contributed by atoms with van der Waals surface area (Å²) in [6, 6.07) is 0.761. The molecule has 2 fully saturated rings. The third-order valence-electron chi connectivity index (χ3n) is 5.22. The fourth-order valence-corrected chi connectivity index (χ4v) is 3.47. The minimum Gasteiger partial charge on any atom is -0.393 e. The van der Waals surface area contributed by atoms with Gasteiger partial charge in [-0.25, -0.2) is 0 Å². The van der Waals surface area contributed by atoms with Gasteiger partial charge in [0.05, 0.1) is 6.10 Å². The van der Waals surface area contributed by atoms with Crippen LogP contribution in [0.5, 0.6) is 0 Å². The summed E-state index contributed by atoms with van der Waals surface area (Å²) >= 11 is 0. The van der Waals surface area contributed by atoms with Gasteiger partial charge >= 0.3 is 0 Å². The van der Waals surface area contributed by atoms with E-state index in [1.165, 1.54) is 12.8 Å². The lowest BCUT2D eigenvalue weighted by Crippen LogP contribution is -2.56. The number of likely N-dealkylation sites (tertiary alicyclic amines) is 1. The third kappa shape index (κ3) is 4.43. The number of rotatable bonds is 6. The van der Waals surface area contributed by atoms with E-state index in [0.717, 1.165) is 31.8 Å². The molecule has 1 saturated carbocycles. The maximum atomic E-state index is 12.0. The molecule has 1 amide bonds. The SMILES string of the molecule is CCC(O)C1CC(NC(=O)C(C)C)CN(C(C)C2CC2)C1. The Morgan fingerprint density at radius 3 is 2.43 bits per heavy atom. The molecule has 4 atom stereocenters. The Bertz CT molecular complexity index is 355. The Hall–Kier alpha value is -0.610. The average Bonchev–Trinajstić information content (AvgIpc) is 3.29. The first kappa shape index (κ1) is 16.8. The summed E-state index contributed by atoms with van der Waals surface area (Å²) in [5.74, 6) is 1.26. The molecule has 0 bridgehead atoms. The lowest BCUT2D eigenvalue weighted by molar-refractivity contribution is -0.125. The van der Waals surface area contributed by atoms with E-state index < -0.39 is 0 Å². The minimum atomic E-state index is -0.252. The van der Waals surface area contributed by atoms with Crippen LogP contribution >= 0.6 is 0 Å². The second-order valence-corrected chi connectivity index (χ2v) is 7.36. The van der Waals surface area contributed by atoms with E-state index in [1.54, 1.807) is 0 Å². The van der Waals surface area contributed by atoms with Crippen LogP contribution < -0.4 is 5.32 Å². The van der Waals surface area contributed by atoms with E-state index in [2.05, 4.69) is 17.1 Å². The van der Waals surface area contributed by atoms with Gasteiger partial charge in [0.2, 0.25) is 5.91 Å². The van der Waals surface area contributed by atoms with Gasteiger partial charge in [-0.05, 0) is 44.4 Å². The molecule has 1 heterocycles. The molecule has 2 rings (SSSR count). The van der Waals surface area contributed by atoms with Gasteiger partial charge in [-0.3, -0.25) is 9.69 Å². The van der Waals surface area contributed by atoms with Crippen LogP contribution in [0, 0.1) is 17.8 Å². The fourth-order valence-electron chi connectivity index (χ4n) is 3.47. The topological polar surface area (TPSA) is 52.6 Å². The number of piperidine rings is 1. The zero-order chi connectivity index (χ0) is 15.6. The summed E-state index contributed by atoms with van der Waals surface area (Å²) in [5.41, 5.74) is 0.